The first-order valence-electron chi connectivity index (χ1n) is 11.2. The van der Waals surface area contributed by atoms with E-state index in [1.807, 2.05) is 13.8 Å². The predicted molar refractivity (Wildman–Crippen MR) is 127 cm³/mol. The Hall–Kier alpha value is -2.73. The molecule has 0 radical (unpaired) electrons. The monoisotopic (exact) mass is 471 g/mol. The van der Waals surface area contributed by atoms with Crippen LogP contribution in [0.2, 0.25) is 0 Å². The molecule has 1 aliphatic carbocycles. The third-order valence-corrected chi connectivity index (χ3v) is 8.63. The van der Waals surface area contributed by atoms with Gasteiger partial charge in [-0.3, -0.25) is 0 Å². The van der Waals surface area contributed by atoms with Gasteiger partial charge in [-0.2, -0.15) is 0 Å². The van der Waals surface area contributed by atoms with E-state index in [4.69, 9.17) is 9.47 Å². The van der Waals surface area contributed by atoms with Gasteiger partial charge in [-0.1, -0.05) is 6.07 Å². The number of carbonyl (C=O) groups excluding carboxylic acids is 1. The van der Waals surface area contributed by atoms with E-state index < -0.39 is 23.2 Å². The molecule has 1 fully saturated rings. The predicted octanol–water partition coefficient (Wildman–Crippen LogP) is 7.33. The molecule has 0 aliphatic heterocycles. The highest BCUT2D eigenvalue weighted by atomic mass is 32.2. The van der Waals surface area contributed by atoms with Crippen LogP contribution in [0.15, 0.2) is 42.5 Å². The van der Waals surface area contributed by atoms with Gasteiger partial charge in [0.15, 0.2) is 32.9 Å². The highest BCUT2D eigenvalue weighted by molar-refractivity contribution is 7.39. The van der Waals surface area contributed by atoms with Crippen LogP contribution in [0.25, 0.3) is 4.90 Å². The molecule has 0 unspecified atom stereocenters. The normalized spacial score (nSPS) is 15.0. The Labute approximate surface area is 196 Å². The van der Waals surface area contributed by atoms with Gasteiger partial charge in [0.2, 0.25) is 0 Å². The van der Waals surface area contributed by atoms with Gasteiger partial charge in [0.25, 0.3) is 0 Å². The molecule has 0 amide bonds. The number of ether oxygens (including phenoxy) is 2. The summed E-state index contributed by atoms with van der Waals surface area (Å²) >= 11 is 0. The summed E-state index contributed by atoms with van der Waals surface area (Å²) in [6, 6.07) is 12.3. The van der Waals surface area contributed by atoms with Gasteiger partial charge in [-0.25, -0.2) is 13.6 Å². The first-order chi connectivity index (χ1) is 15.7. The van der Waals surface area contributed by atoms with Gasteiger partial charge in [0.1, 0.15) is 11.4 Å². The molecule has 6 heteroatoms. The number of hydrogen-bond donors (Lipinski definition) is 0. The summed E-state index contributed by atoms with van der Waals surface area (Å²) in [7, 11) is -0.0379. The fourth-order valence-corrected chi connectivity index (χ4v) is 7.06. The molecule has 1 aromatic heterocycles. The third kappa shape index (κ3) is 4.67. The Morgan fingerprint density at radius 2 is 1.52 bits per heavy atom. The van der Waals surface area contributed by atoms with Gasteiger partial charge < -0.3 is 9.47 Å². The van der Waals surface area contributed by atoms with Crippen molar-refractivity contribution in [3.05, 3.63) is 80.5 Å². The van der Waals surface area contributed by atoms with E-state index in [1.165, 1.54) is 20.7 Å². The Kier molecular flexibility index (Phi) is 6.57. The van der Waals surface area contributed by atoms with Crippen LogP contribution in [0.5, 0.6) is 5.75 Å². The molecule has 4 rings (SSSR count). The van der Waals surface area contributed by atoms with E-state index in [1.54, 1.807) is 0 Å². The van der Waals surface area contributed by atoms with Crippen LogP contribution in [-0.4, -0.2) is 12.6 Å². The molecule has 0 spiro atoms. The summed E-state index contributed by atoms with van der Waals surface area (Å²) in [4.78, 5) is 16.7. The van der Waals surface area contributed by atoms with Crippen LogP contribution in [0.4, 0.5) is 8.78 Å². The lowest BCUT2D eigenvalue weighted by Gasteiger charge is -2.30. The number of aryl methyl sites for hydroxylation is 4. The molecule has 1 saturated carbocycles. The highest BCUT2D eigenvalue weighted by Crippen LogP contribution is 2.43. The van der Waals surface area contributed by atoms with Crippen molar-refractivity contribution in [2.24, 2.45) is 0 Å². The summed E-state index contributed by atoms with van der Waals surface area (Å²) in [5.74, 6) is -1.68. The quantitative estimate of drug-likeness (QED) is 0.279. The smallest absolute Gasteiger partial charge is 0.345 e. The van der Waals surface area contributed by atoms with Crippen molar-refractivity contribution in [3.8, 4) is 10.6 Å². The number of carbonyl (C=O) groups is 1. The molecule has 0 bridgehead atoms. The lowest BCUT2D eigenvalue weighted by atomic mass is 9.91. The van der Waals surface area contributed by atoms with E-state index in [-0.39, 0.29) is 17.1 Å². The zero-order chi connectivity index (χ0) is 23.8. The van der Waals surface area contributed by atoms with Gasteiger partial charge in [-0.05, 0) is 80.5 Å². The Bertz CT molecular complexity index is 1150. The molecule has 0 atom stereocenters. The number of hydrogen-bond acceptors (Lipinski definition) is 3. The van der Waals surface area contributed by atoms with Crippen molar-refractivity contribution < 1.29 is 23.0 Å². The minimum absolute atomic E-state index is 0.0379. The van der Waals surface area contributed by atoms with Crippen molar-refractivity contribution in [1.82, 2.24) is 0 Å². The maximum atomic E-state index is 13.8. The highest BCUT2D eigenvalue weighted by Gasteiger charge is 2.40. The number of benzene rings is 2. The molecular formula is C27H29F2O3S+. The van der Waals surface area contributed by atoms with E-state index in [9.17, 15) is 13.6 Å². The van der Waals surface area contributed by atoms with Crippen LogP contribution in [-0.2, 0) is 15.1 Å². The lowest BCUT2D eigenvalue weighted by Crippen LogP contribution is -2.32. The van der Waals surface area contributed by atoms with Crippen molar-refractivity contribution in [1.29, 1.82) is 0 Å². The fourth-order valence-electron chi connectivity index (χ4n) is 4.81. The second-order valence-electron chi connectivity index (χ2n) is 8.84. The van der Waals surface area contributed by atoms with E-state index in [0.717, 1.165) is 36.1 Å². The van der Waals surface area contributed by atoms with Crippen LogP contribution in [0.3, 0.4) is 0 Å². The zero-order valence-electron chi connectivity index (χ0n) is 19.5. The van der Waals surface area contributed by atoms with E-state index in [0.29, 0.717) is 24.2 Å². The number of halogens is 2. The first kappa shape index (κ1) is 23.4. The molecule has 3 nitrogen and oxygen atoms in total. The molecular weight excluding hydrogens is 442 g/mol. The largest absolute Gasteiger partial charge is 0.481 e. The van der Waals surface area contributed by atoms with Crippen molar-refractivity contribution in [2.45, 2.75) is 59.0 Å². The van der Waals surface area contributed by atoms with Crippen LogP contribution in [0, 0.1) is 39.3 Å². The summed E-state index contributed by atoms with van der Waals surface area (Å²) in [6.45, 7) is 8.01. The lowest BCUT2D eigenvalue weighted by molar-refractivity contribution is -0.163. The molecule has 33 heavy (non-hydrogen) atoms. The fraction of sp³-hybridized carbons (Fsp3) is 0.370. The zero-order valence-corrected chi connectivity index (χ0v) is 20.3. The minimum Gasteiger partial charge on any atom is -0.481 e. The van der Waals surface area contributed by atoms with Gasteiger partial charge in [0.05, 0.1) is 0 Å². The number of rotatable bonds is 6. The minimum atomic E-state index is -0.935. The summed E-state index contributed by atoms with van der Waals surface area (Å²) in [5, 5.41) is 0. The molecule has 3 aromatic rings. The van der Waals surface area contributed by atoms with Crippen LogP contribution >= 0.6 is 10.5 Å². The summed E-state index contributed by atoms with van der Waals surface area (Å²) in [5.41, 5.74) is 1.50. The van der Waals surface area contributed by atoms with Gasteiger partial charge in [-0.15, -0.1) is 0 Å². The third-order valence-electron chi connectivity index (χ3n) is 6.37. The maximum Gasteiger partial charge on any atom is 0.345 e. The number of thiophene rings is 1. The van der Waals surface area contributed by atoms with Crippen molar-refractivity contribution >= 4 is 16.4 Å². The standard InChI is InChI=1S/C27H29F2O3S/c1-17-13-22(33-19(3)7-8-20(33)4)14-18(2)26(17)31-16-25(30)32-27(11-5-6-12-27)21-9-10-23(28)24(29)15-21/h7-10,13-15H,5-6,11-12,16H2,1-4H3/q+1. The first-order valence-corrected chi connectivity index (χ1v) is 12.4. The number of esters is 1. The van der Waals surface area contributed by atoms with Crippen LogP contribution in [0.1, 0.15) is 52.1 Å². The maximum absolute atomic E-state index is 13.8. The van der Waals surface area contributed by atoms with Gasteiger partial charge >= 0.3 is 5.97 Å². The van der Waals surface area contributed by atoms with E-state index in [2.05, 4.69) is 38.1 Å². The Morgan fingerprint density at radius 1 is 0.909 bits per heavy atom. The SMILES string of the molecule is Cc1cc(-[s+]2c(C)ccc2C)cc(C)c1OCC(=O)OC1(c2ccc(F)c(F)c2)CCCC1. The molecule has 1 heterocycles. The Balaban J connectivity index is 1.50. The Morgan fingerprint density at radius 3 is 2.09 bits per heavy atom. The average Bonchev–Trinajstić information content (AvgIpc) is 3.36. The molecule has 0 saturated heterocycles. The van der Waals surface area contributed by atoms with Crippen molar-refractivity contribution in [3.63, 3.8) is 0 Å². The molecule has 0 N–H and O–H groups in total. The molecule has 2 aromatic carbocycles. The summed E-state index contributed by atoms with van der Waals surface area (Å²) < 4.78 is 39.0. The second-order valence-corrected chi connectivity index (χ2v) is 11.2. The average molecular weight is 472 g/mol. The van der Waals surface area contributed by atoms with E-state index >= 15 is 0 Å². The topological polar surface area (TPSA) is 35.5 Å². The van der Waals surface area contributed by atoms with Gasteiger partial charge in [0, 0.05) is 36.5 Å². The second kappa shape index (κ2) is 9.26. The summed E-state index contributed by atoms with van der Waals surface area (Å²) in [6.07, 6.45) is 2.88. The molecule has 174 valence electrons. The molecule has 1 aliphatic rings. The van der Waals surface area contributed by atoms with Crippen molar-refractivity contribution in [2.75, 3.05) is 6.61 Å². The van der Waals surface area contributed by atoms with Crippen LogP contribution < -0.4 is 4.74 Å².